The SMILES string of the molecule is Cc1ccc([N+](=O)[O-])c(N2C[C@@H]3CCC[C@@]3(C(=O)O)C2)c1. The van der Waals surface area contributed by atoms with Gasteiger partial charge in [0.05, 0.1) is 10.3 Å². The lowest BCUT2D eigenvalue weighted by Crippen LogP contribution is -2.35. The van der Waals surface area contributed by atoms with E-state index < -0.39 is 16.3 Å². The second-order valence-electron chi connectivity index (χ2n) is 6.18. The van der Waals surface area contributed by atoms with E-state index in [0.29, 0.717) is 25.2 Å². The van der Waals surface area contributed by atoms with E-state index in [2.05, 4.69) is 0 Å². The van der Waals surface area contributed by atoms with Gasteiger partial charge >= 0.3 is 5.97 Å². The predicted molar refractivity (Wildman–Crippen MR) is 77.5 cm³/mol. The molecule has 1 saturated carbocycles. The predicted octanol–water partition coefficient (Wildman–Crippen LogP) is 2.59. The van der Waals surface area contributed by atoms with Gasteiger partial charge in [0.15, 0.2) is 0 Å². The Labute approximate surface area is 122 Å². The summed E-state index contributed by atoms with van der Waals surface area (Å²) in [6.07, 6.45) is 2.49. The molecule has 1 N–H and O–H groups in total. The molecule has 1 heterocycles. The van der Waals surface area contributed by atoms with Crippen LogP contribution < -0.4 is 4.90 Å². The van der Waals surface area contributed by atoms with Crippen molar-refractivity contribution in [2.75, 3.05) is 18.0 Å². The fourth-order valence-electron chi connectivity index (χ4n) is 3.86. The highest BCUT2D eigenvalue weighted by atomic mass is 16.6. The van der Waals surface area contributed by atoms with Crippen molar-refractivity contribution in [3.8, 4) is 0 Å². The highest BCUT2D eigenvalue weighted by Gasteiger charge is 2.55. The van der Waals surface area contributed by atoms with Crippen molar-refractivity contribution in [1.29, 1.82) is 0 Å². The molecule has 0 aromatic heterocycles. The summed E-state index contributed by atoms with van der Waals surface area (Å²) in [7, 11) is 0. The number of rotatable bonds is 3. The van der Waals surface area contributed by atoms with Gasteiger partial charge in [-0.1, -0.05) is 12.5 Å². The number of fused-ring (bicyclic) bond motifs is 1. The van der Waals surface area contributed by atoms with Crippen molar-refractivity contribution >= 4 is 17.3 Å². The monoisotopic (exact) mass is 290 g/mol. The lowest BCUT2D eigenvalue weighted by atomic mass is 9.81. The molecule has 21 heavy (non-hydrogen) atoms. The summed E-state index contributed by atoms with van der Waals surface area (Å²) in [5.41, 5.74) is 0.825. The molecular weight excluding hydrogens is 272 g/mol. The summed E-state index contributed by atoms with van der Waals surface area (Å²) in [6, 6.07) is 5.01. The minimum Gasteiger partial charge on any atom is -0.481 e. The second kappa shape index (κ2) is 4.72. The minimum atomic E-state index is -0.761. The molecule has 0 bridgehead atoms. The number of carboxylic acids is 1. The minimum absolute atomic E-state index is 0.0566. The molecule has 1 aromatic carbocycles. The van der Waals surface area contributed by atoms with Crippen molar-refractivity contribution in [2.45, 2.75) is 26.2 Å². The number of hydrogen-bond donors (Lipinski definition) is 1. The Balaban J connectivity index is 1.99. The first-order chi connectivity index (χ1) is 9.94. The summed E-state index contributed by atoms with van der Waals surface area (Å²) >= 11 is 0. The Bertz CT molecular complexity index is 616. The van der Waals surface area contributed by atoms with E-state index in [1.165, 1.54) is 6.07 Å². The molecule has 0 radical (unpaired) electrons. The number of carboxylic acid groups (broad SMARTS) is 1. The van der Waals surface area contributed by atoms with Gasteiger partial charge in [0.2, 0.25) is 0 Å². The van der Waals surface area contributed by atoms with Gasteiger partial charge in [-0.25, -0.2) is 0 Å². The van der Waals surface area contributed by atoms with Crippen LogP contribution in [0.15, 0.2) is 18.2 Å². The van der Waals surface area contributed by atoms with Crippen LogP contribution in [0.2, 0.25) is 0 Å². The van der Waals surface area contributed by atoms with Crippen LogP contribution in [0.1, 0.15) is 24.8 Å². The van der Waals surface area contributed by atoms with Gasteiger partial charge in [0.1, 0.15) is 5.69 Å². The number of nitro benzene ring substituents is 1. The summed E-state index contributed by atoms with van der Waals surface area (Å²) in [4.78, 5) is 24.4. The van der Waals surface area contributed by atoms with E-state index in [-0.39, 0.29) is 11.6 Å². The van der Waals surface area contributed by atoms with Crippen LogP contribution in [-0.4, -0.2) is 29.1 Å². The third-order valence-electron chi connectivity index (χ3n) is 4.96. The third-order valence-corrected chi connectivity index (χ3v) is 4.96. The van der Waals surface area contributed by atoms with Crippen LogP contribution in [0.25, 0.3) is 0 Å². The first kappa shape index (κ1) is 13.9. The van der Waals surface area contributed by atoms with Crippen molar-refractivity contribution in [3.05, 3.63) is 33.9 Å². The maximum absolute atomic E-state index is 11.7. The topological polar surface area (TPSA) is 83.7 Å². The van der Waals surface area contributed by atoms with Crippen LogP contribution >= 0.6 is 0 Å². The fourth-order valence-corrected chi connectivity index (χ4v) is 3.86. The Hall–Kier alpha value is -2.11. The zero-order chi connectivity index (χ0) is 15.2. The Morgan fingerprint density at radius 2 is 2.29 bits per heavy atom. The zero-order valence-corrected chi connectivity index (χ0v) is 11.9. The molecule has 6 nitrogen and oxygen atoms in total. The van der Waals surface area contributed by atoms with E-state index in [9.17, 15) is 20.0 Å². The molecule has 0 spiro atoms. The van der Waals surface area contributed by atoms with Crippen molar-refractivity contribution in [3.63, 3.8) is 0 Å². The smallest absolute Gasteiger partial charge is 0.311 e. The molecule has 2 fully saturated rings. The molecule has 0 unspecified atom stereocenters. The van der Waals surface area contributed by atoms with Crippen molar-refractivity contribution in [1.82, 2.24) is 0 Å². The van der Waals surface area contributed by atoms with E-state index in [0.717, 1.165) is 18.4 Å². The van der Waals surface area contributed by atoms with Gasteiger partial charge in [-0.2, -0.15) is 0 Å². The summed E-state index contributed by atoms with van der Waals surface area (Å²) < 4.78 is 0. The Morgan fingerprint density at radius 3 is 2.90 bits per heavy atom. The number of anilines is 1. The van der Waals surface area contributed by atoms with Crippen LogP contribution in [0, 0.1) is 28.4 Å². The maximum Gasteiger partial charge on any atom is 0.311 e. The molecule has 1 aliphatic heterocycles. The number of carbonyl (C=O) groups is 1. The van der Waals surface area contributed by atoms with E-state index in [1.54, 1.807) is 12.1 Å². The largest absolute Gasteiger partial charge is 0.481 e. The molecular formula is C15H18N2O4. The lowest BCUT2D eigenvalue weighted by molar-refractivity contribution is -0.384. The standard InChI is InChI=1S/C15H18N2O4/c1-10-4-5-12(17(20)21)13(7-10)16-8-11-3-2-6-15(11,9-16)14(18)19/h4-5,7,11H,2-3,6,8-9H2,1H3,(H,18,19)/t11-,15+/m0/s1. The molecule has 1 aliphatic carbocycles. The molecule has 2 atom stereocenters. The first-order valence-corrected chi connectivity index (χ1v) is 7.17. The number of nitrogens with zero attached hydrogens (tertiary/aromatic N) is 2. The van der Waals surface area contributed by atoms with Gasteiger partial charge in [-0.3, -0.25) is 14.9 Å². The maximum atomic E-state index is 11.7. The molecule has 6 heteroatoms. The summed E-state index contributed by atoms with van der Waals surface area (Å²) in [5.74, 6) is -0.669. The number of hydrogen-bond acceptors (Lipinski definition) is 4. The highest BCUT2D eigenvalue weighted by molar-refractivity contribution is 5.79. The molecule has 0 amide bonds. The Kier molecular flexibility index (Phi) is 3.11. The van der Waals surface area contributed by atoms with E-state index in [4.69, 9.17) is 0 Å². The van der Waals surface area contributed by atoms with Crippen molar-refractivity contribution < 1.29 is 14.8 Å². The van der Waals surface area contributed by atoms with Gasteiger partial charge in [-0.05, 0) is 37.3 Å². The van der Waals surface area contributed by atoms with E-state index >= 15 is 0 Å². The molecule has 2 aliphatic rings. The van der Waals surface area contributed by atoms with Crippen LogP contribution in [0.4, 0.5) is 11.4 Å². The second-order valence-corrected chi connectivity index (χ2v) is 6.18. The van der Waals surface area contributed by atoms with Crippen LogP contribution in [0.5, 0.6) is 0 Å². The average molecular weight is 290 g/mol. The number of benzene rings is 1. The number of aliphatic carboxylic acids is 1. The van der Waals surface area contributed by atoms with Crippen LogP contribution in [0.3, 0.4) is 0 Å². The lowest BCUT2D eigenvalue weighted by Gasteiger charge is -2.24. The average Bonchev–Trinajstić information content (AvgIpc) is 2.95. The highest BCUT2D eigenvalue weighted by Crippen LogP contribution is 2.50. The number of nitro groups is 1. The summed E-state index contributed by atoms with van der Waals surface area (Å²) in [5, 5.41) is 20.8. The number of aryl methyl sites for hydroxylation is 1. The molecule has 1 aromatic rings. The quantitative estimate of drug-likeness (QED) is 0.683. The molecule has 1 saturated heterocycles. The van der Waals surface area contributed by atoms with Crippen LogP contribution in [-0.2, 0) is 4.79 Å². The Morgan fingerprint density at radius 1 is 1.52 bits per heavy atom. The fraction of sp³-hybridized carbons (Fsp3) is 0.533. The zero-order valence-electron chi connectivity index (χ0n) is 11.9. The molecule has 3 rings (SSSR count). The summed E-state index contributed by atoms with van der Waals surface area (Å²) in [6.45, 7) is 2.85. The normalized spacial score (nSPS) is 27.7. The third kappa shape index (κ3) is 2.05. The van der Waals surface area contributed by atoms with Gasteiger partial charge < -0.3 is 10.0 Å². The van der Waals surface area contributed by atoms with Gasteiger partial charge in [-0.15, -0.1) is 0 Å². The van der Waals surface area contributed by atoms with E-state index in [1.807, 2.05) is 11.8 Å². The van der Waals surface area contributed by atoms with Gasteiger partial charge in [0, 0.05) is 19.2 Å². The van der Waals surface area contributed by atoms with Gasteiger partial charge in [0.25, 0.3) is 5.69 Å². The molecule has 112 valence electrons. The first-order valence-electron chi connectivity index (χ1n) is 7.17. The van der Waals surface area contributed by atoms with Crippen molar-refractivity contribution in [2.24, 2.45) is 11.3 Å².